The van der Waals surface area contributed by atoms with Crippen molar-refractivity contribution in [2.75, 3.05) is 0 Å². The highest BCUT2D eigenvalue weighted by molar-refractivity contribution is 5.96. The van der Waals surface area contributed by atoms with Gasteiger partial charge >= 0.3 is 0 Å². The van der Waals surface area contributed by atoms with Crippen molar-refractivity contribution in [3.05, 3.63) is 72.0 Å². The molecule has 3 rings (SSSR count). The standard InChI is InChI=1S/C19H19NO2/c1-19(2,13-14-8-4-3-5-9-14)20-18(21)17-12-15-10-6-7-11-16(15)22-17/h3-12H,13H2,1-2H3,(H,20,21). The summed E-state index contributed by atoms with van der Waals surface area (Å²) in [6.07, 6.45) is 0.764. The van der Waals surface area contributed by atoms with E-state index in [1.54, 1.807) is 6.07 Å². The van der Waals surface area contributed by atoms with Crippen molar-refractivity contribution in [1.29, 1.82) is 0 Å². The van der Waals surface area contributed by atoms with Gasteiger partial charge in [-0.1, -0.05) is 48.5 Å². The third-order valence-electron chi connectivity index (χ3n) is 3.59. The van der Waals surface area contributed by atoms with Gasteiger partial charge in [-0.15, -0.1) is 0 Å². The quantitative estimate of drug-likeness (QED) is 0.784. The van der Waals surface area contributed by atoms with Crippen LogP contribution in [0.3, 0.4) is 0 Å². The van der Waals surface area contributed by atoms with Gasteiger partial charge in [0.2, 0.25) is 0 Å². The zero-order chi connectivity index (χ0) is 15.6. The molecule has 0 aliphatic heterocycles. The van der Waals surface area contributed by atoms with Crippen LogP contribution in [0.2, 0.25) is 0 Å². The lowest BCUT2D eigenvalue weighted by atomic mass is 9.95. The minimum absolute atomic E-state index is 0.183. The molecule has 0 radical (unpaired) electrons. The molecule has 112 valence electrons. The van der Waals surface area contributed by atoms with Gasteiger partial charge in [0.1, 0.15) is 5.58 Å². The smallest absolute Gasteiger partial charge is 0.287 e. The van der Waals surface area contributed by atoms with Gasteiger partial charge in [0, 0.05) is 10.9 Å². The van der Waals surface area contributed by atoms with Gasteiger partial charge in [0.25, 0.3) is 5.91 Å². The number of hydrogen-bond donors (Lipinski definition) is 1. The molecule has 2 aromatic carbocycles. The molecule has 1 aromatic heterocycles. The maximum Gasteiger partial charge on any atom is 0.287 e. The molecule has 0 aliphatic carbocycles. The van der Waals surface area contributed by atoms with Gasteiger partial charge in [-0.25, -0.2) is 0 Å². The fourth-order valence-electron chi connectivity index (χ4n) is 2.61. The Morgan fingerprint density at radius 1 is 1.05 bits per heavy atom. The summed E-state index contributed by atoms with van der Waals surface area (Å²) >= 11 is 0. The molecule has 1 heterocycles. The Hall–Kier alpha value is -2.55. The first-order valence-electron chi connectivity index (χ1n) is 7.38. The Morgan fingerprint density at radius 3 is 2.45 bits per heavy atom. The first-order chi connectivity index (χ1) is 10.5. The van der Waals surface area contributed by atoms with E-state index < -0.39 is 0 Å². The molecule has 0 unspecified atom stereocenters. The average Bonchev–Trinajstić information content (AvgIpc) is 2.91. The monoisotopic (exact) mass is 293 g/mol. The summed E-state index contributed by atoms with van der Waals surface area (Å²) in [6, 6.07) is 19.5. The summed E-state index contributed by atoms with van der Waals surface area (Å²) in [7, 11) is 0. The van der Waals surface area contributed by atoms with Crippen LogP contribution in [0.15, 0.2) is 65.1 Å². The second-order valence-electron chi connectivity index (χ2n) is 6.15. The number of rotatable bonds is 4. The summed E-state index contributed by atoms with van der Waals surface area (Å²) in [5.41, 5.74) is 1.57. The zero-order valence-electron chi connectivity index (χ0n) is 12.8. The molecule has 0 fully saturated rings. The largest absolute Gasteiger partial charge is 0.451 e. The third-order valence-corrected chi connectivity index (χ3v) is 3.59. The molecule has 22 heavy (non-hydrogen) atoms. The maximum atomic E-state index is 12.4. The number of benzene rings is 2. The minimum Gasteiger partial charge on any atom is -0.451 e. The summed E-state index contributed by atoms with van der Waals surface area (Å²) < 4.78 is 5.61. The number of carbonyl (C=O) groups is 1. The molecule has 0 saturated heterocycles. The molecule has 1 amide bonds. The van der Waals surface area contributed by atoms with Crippen molar-refractivity contribution < 1.29 is 9.21 Å². The summed E-state index contributed by atoms with van der Waals surface area (Å²) in [5.74, 6) is 0.166. The lowest BCUT2D eigenvalue weighted by molar-refractivity contribution is 0.0886. The number of fused-ring (bicyclic) bond motifs is 1. The van der Waals surface area contributed by atoms with Crippen molar-refractivity contribution in [2.24, 2.45) is 0 Å². The van der Waals surface area contributed by atoms with Crippen molar-refractivity contribution in [1.82, 2.24) is 5.32 Å². The van der Waals surface area contributed by atoms with Crippen LogP contribution in [0.1, 0.15) is 30.0 Å². The van der Waals surface area contributed by atoms with Crippen LogP contribution in [0.5, 0.6) is 0 Å². The van der Waals surface area contributed by atoms with E-state index in [0.717, 1.165) is 17.4 Å². The molecule has 0 aliphatic rings. The van der Waals surface area contributed by atoms with Gasteiger partial charge in [-0.2, -0.15) is 0 Å². The van der Waals surface area contributed by atoms with E-state index in [1.807, 2.05) is 56.3 Å². The van der Waals surface area contributed by atoms with Crippen LogP contribution in [0.25, 0.3) is 11.0 Å². The Balaban J connectivity index is 1.75. The predicted molar refractivity (Wildman–Crippen MR) is 87.9 cm³/mol. The maximum absolute atomic E-state index is 12.4. The molecule has 1 N–H and O–H groups in total. The van der Waals surface area contributed by atoms with Gasteiger partial charge < -0.3 is 9.73 Å². The SMILES string of the molecule is CC(C)(Cc1ccccc1)NC(=O)c1cc2ccccc2o1. The van der Waals surface area contributed by atoms with Crippen LogP contribution >= 0.6 is 0 Å². The first kappa shape index (κ1) is 14.4. The van der Waals surface area contributed by atoms with Crippen molar-refractivity contribution in [3.8, 4) is 0 Å². The highest BCUT2D eigenvalue weighted by Crippen LogP contribution is 2.20. The Labute approximate surface area is 130 Å². The normalized spacial score (nSPS) is 11.5. The summed E-state index contributed by atoms with van der Waals surface area (Å²) in [4.78, 5) is 12.4. The highest BCUT2D eigenvalue weighted by Gasteiger charge is 2.23. The number of amides is 1. The summed E-state index contributed by atoms with van der Waals surface area (Å²) in [5, 5.41) is 3.99. The van der Waals surface area contributed by atoms with Crippen LogP contribution in [0.4, 0.5) is 0 Å². The van der Waals surface area contributed by atoms with E-state index in [4.69, 9.17) is 4.42 Å². The van der Waals surface area contributed by atoms with Crippen LogP contribution < -0.4 is 5.32 Å². The number of carbonyl (C=O) groups excluding carboxylic acids is 1. The third kappa shape index (κ3) is 3.19. The second kappa shape index (κ2) is 5.68. The second-order valence-corrected chi connectivity index (χ2v) is 6.15. The highest BCUT2D eigenvalue weighted by atomic mass is 16.3. The first-order valence-corrected chi connectivity index (χ1v) is 7.38. The molecule has 3 heteroatoms. The number of hydrogen-bond acceptors (Lipinski definition) is 2. The van der Waals surface area contributed by atoms with E-state index in [2.05, 4.69) is 17.4 Å². The molecule has 0 saturated carbocycles. The zero-order valence-corrected chi connectivity index (χ0v) is 12.8. The number of furan rings is 1. The van der Waals surface area contributed by atoms with E-state index in [1.165, 1.54) is 5.56 Å². The van der Waals surface area contributed by atoms with Crippen LogP contribution in [-0.2, 0) is 6.42 Å². The Kier molecular flexibility index (Phi) is 3.72. The lowest BCUT2D eigenvalue weighted by Crippen LogP contribution is -2.45. The van der Waals surface area contributed by atoms with E-state index in [0.29, 0.717) is 5.76 Å². The Bertz CT molecular complexity index is 754. The van der Waals surface area contributed by atoms with Gasteiger partial charge in [0.15, 0.2) is 5.76 Å². The van der Waals surface area contributed by atoms with Crippen molar-refractivity contribution in [2.45, 2.75) is 25.8 Å². The van der Waals surface area contributed by atoms with Gasteiger partial charge in [-0.3, -0.25) is 4.79 Å². The topological polar surface area (TPSA) is 42.2 Å². The van der Waals surface area contributed by atoms with Gasteiger partial charge in [-0.05, 0) is 38.0 Å². The van der Waals surface area contributed by atoms with Crippen LogP contribution in [-0.4, -0.2) is 11.4 Å². The van der Waals surface area contributed by atoms with Gasteiger partial charge in [0.05, 0.1) is 0 Å². The molecule has 0 atom stereocenters. The number of nitrogens with one attached hydrogen (secondary N) is 1. The number of para-hydroxylation sites is 1. The summed E-state index contributed by atoms with van der Waals surface area (Å²) in [6.45, 7) is 4.03. The lowest BCUT2D eigenvalue weighted by Gasteiger charge is -2.26. The molecule has 0 spiro atoms. The van der Waals surface area contributed by atoms with Crippen molar-refractivity contribution in [3.63, 3.8) is 0 Å². The fourth-order valence-corrected chi connectivity index (χ4v) is 2.61. The average molecular weight is 293 g/mol. The van der Waals surface area contributed by atoms with Crippen LogP contribution in [0, 0.1) is 0 Å². The fraction of sp³-hybridized carbons (Fsp3) is 0.211. The van der Waals surface area contributed by atoms with E-state index in [9.17, 15) is 4.79 Å². The van der Waals surface area contributed by atoms with E-state index in [-0.39, 0.29) is 11.4 Å². The van der Waals surface area contributed by atoms with Crippen molar-refractivity contribution >= 4 is 16.9 Å². The molecular weight excluding hydrogens is 274 g/mol. The van der Waals surface area contributed by atoms with E-state index >= 15 is 0 Å². The molecule has 3 aromatic rings. The molecular formula is C19H19NO2. The minimum atomic E-state index is -0.350. The predicted octanol–water partition coefficient (Wildman–Crippen LogP) is 4.18. The Morgan fingerprint density at radius 2 is 1.73 bits per heavy atom. The molecule has 3 nitrogen and oxygen atoms in total. The molecule has 0 bridgehead atoms.